The zero-order valence-electron chi connectivity index (χ0n) is 7.94. The smallest absolute Gasteiger partial charge is 0.406 e. The van der Waals surface area contributed by atoms with Crippen LogP contribution in [0.25, 0.3) is 0 Å². The monoisotopic (exact) mass is 236 g/mol. The first-order valence-electron chi connectivity index (χ1n) is 4.19. The molecule has 0 radical (unpaired) electrons. The molecule has 0 spiro atoms. The molecule has 0 aliphatic carbocycles. The van der Waals surface area contributed by atoms with Crippen LogP contribution in [0.1, 0.15) is 5.56 Å². The molecule has 0 atom stereocenters. The van der Waals surface area contributed by atoms with Crippen LogP contribution in [0.3, 0.4) is 0 Å². The Hall–Kier alpha value is -1.25. The zero-order chi connectivity index (χ0) is 12.2. The van der Waals surface area contributed by atoms with E-state index in [9.17, 15) is 13.2 Å². The quantitative estimate of drug-likeness (QED) is 0.767. The topological polar surface area (TPSA) is 58.9 Å². The Morgan fingerprint density at radius 3 is 2.12 bits per heavy atom. The van der Waals surface area contributed by atoms with E-state index < -0.39 is 13.7 Å². The van der Waals surface area contributed by atoms with Gasteiger partial charge in [-0.05, 0) is 17.7 Å². The summed E-state index contributed by atoms with van der Waals surface area (Å²) < 4.78 is 43.4. The largest absolute Gasteiger partial charge is 0.634 e. The Kier molecular flexibility index (Phi) is 4.16. The van der Waals surface area contributed by atoms with Crippen molar-refractivity contribution >= 4 is 7.32 Å². The molecule has 1 aromatic carbocycles. The highest BCUT2D eigenvalue weighted by atomic mass is 19.4. The van der Waals surface area contributed by atoms with E-state index in [2.05, 4.69) is 9.39 Å². The predicted octanol–water partition coefficient (Wildman–Crippen LogP) is 1.07. The minimum Gasteiger partial charge on any atom is -0.406 e. The molecule has 8 heteroatoms. The van der Waals surface area contributed by atoms with Crippen LogP contribution in [0.4, 0.5) is 13.2 Å². The lowest BCUT2D eigenvalue weighted by Crippen LogP contribution is -2.17. The van der Waals surface area contributed by atoms with Crippen LogP contribution in [-0.2, 0) is 11.3 Å². The fourth-order valence-corrected chi connectivity index (χ4v) is 0.958. The Bertz CT molecular complexity index is 325. The Balaban J connectivity index is 2.54. The molecule has 0 amide bonds. The molecule has 0 bridgehead atoms. The maximum atomic E-state index is 11.8. The van der Waals surface area contributed by atoms with E-state index in [1.165, 1.54) is 12.1 Å². The summed E-state index contributed by atoms with van der Waals surface area (Å²) in [5.41, 5.74) is 0.489. The number of ether oxygens (including phenoxy) is 1. The second kappa shape index (κ2) is 5.19. The van der Waals surface area contributed by atoms with Crippen molar-refractivity contribution in [2.45, 2.75) is 13.0 Å². The van der Waals surface area contributed by atoms with E-state index in [1.807, 2.05) is 0 Å². The van der Waals surface area contributed by atoms with E-state index in [0.717, 1.165) is 12.1 Å². The molecule has 0 aliphatic rings. The molecule has 1 rings (SSSR count). The maximum Gasteiger partial charge on any atom is 0.634 e. The standard InChI is InChI=1S/C8H8BF3O4/c10-8(11,12)16-7-3-1-6(2-4-7)5-15-9(13)14/h1-4,13-14H,5H2. The van der Waals surface area contributed by atoms with Gasteiger partial charge in [0.15, 0.2) is 0 Å². The van der Waals surface area contributed by atoms with Crippen molar-refractivity contribution in [1.29, 1.82) is 0 Å². The van der Waals surface area contributed by atoms with Gasteiger partial charge in [-0.3, -0.25) is 0 Å². The summed E-state index contributed by atoms with van der Waals surface area (Å²) in [6.07, 6.45) is -4.72. The number of alkyl halides is 3. The van der Waals surface area contributed by atoms with Crippen molar-refractivity contribution in [3.05, 3.63) is 29.8 Å². The minimum absolute atomic E-state index is 0.121. The third-order valence-corrected chi connectivity index (χ3v) is 1.56. The van der Waals surface area contributed by atoms with Crippen molar-refractivity contribution in [3.8, 4) is 5.75 Å². The van der Waals surface area contributed by atoms with Gasteiger partial charge >= 0.3 is 13.7 Å². The molecular weight excluding hydrogens is 228 g/mol. The molecule has 16 heavy (non-hydrogen) atoms. The van der Waals surface area contributed by atoms with E-state index >= 15 is 0 Å². The number of hydrogen-bond donors (Lipinski definition) is 2. The van der Waals surface area contributed by atoms with Crippen LogP contribution in [0.5, 0.6) is 5.75 Å². The molecule has 0 unspecified atom stereocenters. The third-order valence-electron chi connectivity index (χ3n) is 1.56. The lowest BCUT2D eigenvalue weighted by Gasteiger charge is -2.09. The predicted molar refractivity (Wildman–Crippen MR) is 48.1 cm³/mol. The molecule has 0 fully saturated rings. The Morgan fingerprint density at radius 1 is 1.12 bits per heavy atom. The number of benzene rings is 1. The van der Waals surface area contributed by atoms with E-state index in [-0.39, 0.29) is 12.4 Å². The molecule has 1 aromatic rings. The fraction of sp³-hybridized carbons (Fsp3) is 0.250. The minimum atomic E-state index is -4.72. The first kappa shape index (κ1) is 12.8. The summed E-state index contributed by atoms with van der Waals surface area (Å²) in [4.78, 5) is 0. The summed E-state index contributed by atoms with van der Waals surface area (Å²) in [5, 5.41) is 16.8. The van der Waals surface area contributed by atoms with Gasteiger partial charge in [-0.15, -0.1) is 13.2 Å². The average molecular weight is 236 g/mol. The number of rotatable bonds is 4. The zero-order valence-corrected chi connectivity index (χ0v) is 7.94. The average Bonchev–Trinajstić information content (AvgIpc) is 2.14. The molecule has 0 saturated heterocycles. The van der Waals surface area contributed by atoms with Gasteiger partial charge in [-0.1, -0.05) is 12.1 Å². The van der Waals surface area contributed by atoms with Gasteiger partial charge in [-0.25, -0.2) is 0 Å². The van der Waals surface area contributed by atoms with Gasteiger partial charge in [0.05, 0.1) is 6.61 Å². The van der Waals surface area contributed by atoms with Gasteiger partial charge < -0.3 is 19.4 Å². The summed E-state index contributed by atoms with van der Waals surface area (Å²) >= 11 is 0. The normalized spacial score (nSPS) is 11.3. The van der Waals surface area contributed by atoms with Crippen molar-refractivity contribution in [2.24, 2.45) is 0 Å². The van der Waals surface area contributed by atoms with Gasteiger partial charge in [0, 0.05) is 0 Å². The molecule has 4 nitrogen and oxygen atoms in total. The van der Waals surface area contributed by atoms with Crippen molar-refractivity contribution in [1.82, 2.24) is 0 Å². The molecule has 0 heterocycles. The number of halogens is 3. The lowest BCUT2D eigenvalue weighted by atomic mass is 10.2. The maximum absolute atomic E-state index is 11.8. The first-order chi connectivity index (χ1) is 7.37. The second-order valence-electron chi connectivity index (χ2n) is 2.83. The molecular formula is C8H8BF3O4. The van der Waals surface area contributed by atoms with Crippen molar-refractivity contribution in [2.75, 3.05) is 0 Å². The Labute approximate surface area is 89.4 Å². The SMILES string of the molecule is OB(O)OCc1ccc(OC(F)(F)F)cc1. The summed E-state index contributed by atoms with van der Waals surface area (Å²) in [7, 11) is -1.91. The fourth-order valence-electron chi connectivity index (χ4n) is 0.958. The van der Waals surface area contributed by atoms with Crippen LogP contribution in [0.15, 0.2) is 24.3 Å². The van der Waals surface area contributed by atoms with Crippen LogP contribution >= 0.6 is 0 Å². The molecule has 0 saturated carbocycles. The second-order valence-corrected chi connectivity index (χ2v) is 2.83. The van der Waals surface area contributed by atoms with Crippen LogP contribution in [-0.4, -0.2) is 23.7 Å². The van der Waals surface area contributed by atoms with Gasteiger partial charge in [-0.2, -0.15) is 0 Å². The van der Waals surface area contributed by atoms with Crippen LogP contribution < -0.4 is 4.74 Å². The highest BCUT2D eigenvalue weighted by molar-refractivity contribution is 6.32. The molecule has 2 N–H and O–H groups in total. The van der Waals surface area contributed by atoms with Crippen molar-refractivity contribution in [3.63, 3.8) is 0 Å². The van der Waals surface area contributed by atoms with Crippen molar-refractivity contribution < 1.29 is 32.6 Å². The molecule has 0 aromatic heterocycles. The Morgan fingerprint density at radius 2 is 1.69 bits per heavy atom. The highest BCUT2D eigenvalue weighted by Gasteiger charge is 2.30. The number of hydrogen-bond acceptors (Lipinski definition) is 4. The summed E-state index contributed by atoms with van der Waals surface area (Å²) in [6.45, 7) is -0.121. The highest BCUT2D eigenvalue weighted by Crippen LogP contribution is 2.22. The summed E-state index contributed by atoms with van der Waals surface area (Å²) in [6, 6.07) is 4.86. The first-order valence-corrected chi connectivity index (χ1v) is 4.19. The van der Waals surface area contributed by atoms with E-state index in [0.29, 0.717) is 5.56 Å². The lowest BCUT2D eigenvalue weighted by molar-refractivity contribution is -0.274. The van der Waals surface area contributed by atoms with Gasteiger partial charge in [0.1, 0.15) is 5.75 Å². The van der Waals surface area contributed by atoms with E-state index in [4.69, 9.17) is 10.0 Å². The van der Waals surface area contributed by atoms with Gasteiger partial charge in [0.25, 0.3) is 0 Å². The van der Waals surface area contributed by atoms with E-state index in [1.54, 1.807) is 0 Å². The molecule has 0 aliphatic heterocycles. The third kappa shape index (κ3) is 5.01. The van der Waals surface area contributed by atoms with Crippen LogP contribution in [0, 0.1) is 0 Å². The van der Waals surface area contributed by atoms with Gasteiger partial charge in [0.2, 0.25) is 0 Å². The molecule has 88 valence electrons. The van der Waals surface area contributed by atoms with Crippen LogP contribution in [0.2, 0.25) is 0 Å². The summed E-state index contributed by atoms with van der Waals surface area (Å²) in [5.74, 6) is -0.346.